The zero-order valence-electron chi connectivity index (χ0n) is 9.87. The first-order valence-corrected chi connectivity index (χ1v) is 5.59. The smallest absolute Gasteiger partial charge is 0.221 e. The lowest BCUT2D eigenvalue weighted by atomic mass is 10.1. The van der Waals surface area contributed by atoms with Crippen LogP contribution in [0.3, 0.4) is 0 Å². The molecule has 0 spiro atoms. The summed E-state index contributed by atoms with van der Waals surface area (Å²) in [6.07, 6.45) is 2.66. The molecular weight excluding hydrogens is 212 g/mol. The quantitative estimate of drug-likeness (QED) is 0.866. The van der Waals surface area contributed by atoms with E-state index < -0.39 is 0 Å². The van der Waals surface area contributed by atoms with Crippen LogP contribution < -0.4 is 10.6 Å². The van der Waals surface area contributed by atoms with E-state index in [1.807, 2.05) is 19.2 Å². The topological polar surface area (TPSA) is 55.0 Å². The van der Waals surface area contributed by atoms with Crippen molar-refractivity contribution in [3.63, 3.8) is 0 Å². The molecule has 0 aliphatic heterocycles. The van der Waals surface area contributed by atoms with Crippen molar-refractivity contribution >= 4 is 11.8 Å². The summed E-state index contributed by atoms with van der Waals surface area (Å²) in [5, 5.41) is 0. The highest BCUT2D eigenvalue weighted by molar-refractivity contribution is 5.40. The lowest BCUT2D eigenvalue weighted by Gasteiger charge is -2.17. The van der Waals surface area contributed by atoms with Crippen molar-refractivity contribution < 1.29 is 0 Å². The highest BCUT2D eigenvalue weighted by Gasteiger charge is 2.03. The van der Waals surface area contributed by atoms with E-state index in [2.05, 4.69) is 39.1 Å². The number of nitrogens with two attached hydrogens (primary N) is 1. The van der Waals surface area contributed by atoms with Crippen molar-refractivity contribution in [1.29, 1.82) is 0 Å². The molecule has 0 saturated heterocycles. The lowest BCUT2D eigenvalue weighted by Crippen LogP contribution is -2.21. The molecule has 4 heteroatoms. The van der Waals surface area contributed by atoms with E-state index in [1.165, 1.54) is 5.56 Å². The zero-order valence-corrected chi connectivity index (χ0v) is 9.87. The second-order valence-electron chi connectivity index (χ2n) is 3.93. The van der Waals surface area contributed by atoms with Crippen molar-refractivity contribution in [2.75, 3.05) is 24.2 Å². The van der Waals surface area contributed by atoms with Gasteiger partial charge in [0.15, 0.2) is 0 Å². The Balaban J connectivity index is 1.96. The highest BCUT2D eigenvalue weighted by Crippen LogP contribution is 2.09. The predicted octanol–water partition coefficient (Wildman–Crippen LogP) is 1.74. The second kappa shape index (κ2) is 5.30. The number of benzene rings is 1. The molecule has 0 fully saturated rings. The maximum absolute atomic E-state index is 5.55. The average Bonchev–Trinajstić information content (AvgIpc) is 2.37. The molecule has 1 aromatic heterocycles. The first kappa shape index (κ1) is 11.4. The molecule has 1 heterocycles. The van der Waals surface area contributed by atoms with Gasteiger partial charge in [0.2, 0.25) is 5.95 Å². The molecule has 2 rings (SSSR count). The summed E-state index contributed by atoms with van der Waals surface area (Å²) in [5.74, 6) is 1.17. The molecule has 2 aromatic rings. The Kier molecular flexibility index (Phi) is 3.55. The number of likely N-dealkylation sites (N-methyl/N-ethyl adjacent to an activating group) is 1. The molecular formula is C13H16N4. The van der Waals surface area contributed by atoms with Crippen LogP contribution in [-0.2, 0) is 6.42 Å². The van der Waals surface area contributed by atoms with E-state index in [1.54, 1.807) is 6.20 Å². The Hall–Kier alpha value is -2.10. The molecule has 17 heavy (non-hydrogen) atoms. The van der Waals surface area contributed by atoms with Gasteiger partial charge >= 0.3 is 0 Å². The van der Waals surface area contributed by atoms with Gasteiger partial charge in [0.05, 0.1) is 0 Å². The number of rotatable bonds is 4. The Morgan fingerprint density at radius 1 is 1.18 bits per heavy atom. The number of nitrogen functional groups attached to an aromatic ring is 1. The van der Waals surface area contributed by atoms with Crippen LogP contribution in [0, 0.1) is 0 Å². The molecule has 0 aliphatic carbocycles. The van der Waals surface area contributed by atoms with Gasteiger partial charge in [-0.25, -0.2) is 4.98 Å². The van der Waals surface area contributed by atoms with E-state index in [9.17, 15) is 0 Å². The molecule has 88 valence electrons. The van der Waals surface area contributed by atoms with Gasteiger partial charge in [-0.2, -0.15) is 4.98 Å². The standard InChI is InChI=1S/C13H16N4/c1-17(12-7-9-15-13(14)16-12)10-8-11-5-3-2-4-6-11/h2-7,9H,8,10H2,1H3,(H2,14,15,16). The predicted molar refractivity (Wildman–Crippen MR) is 69.9 cm³/mol. The summed E-state index contributed by atoms with van der Waals surface area (Å²) in [7, 11) is 2.00. The Labute approximate surface area is 101 Å². The summed E-state index contributed by atoms with van der Waals surface area (Å²) in [5.41, 5.74) is 6.88. The zero-order chi connectivity index (χ0) is 12.1. The fraction of sp³-hybridized carbons (Fsp3) is 0.231. The van der Waals surface area contributed by atoms with Crippen LogP contribution >= 0.6 is 0 Å². The minimum absolute atomic E-state index is 0.314. The molecule has 0 atom stereocenters. The van der Waals surface area contributed by atoms with Crippen LogP contribution in [0.1, 0.15) is 5.56 Å². The summed E-state index contributed by atoms with van der Waals surface area (Å²) < 4.78 is 0. The lowest BCUT2D eigenvalue weighted by molar-refractivity contribution is 0.857. The fourth-order valence-electron chi connectivity index (χ4n) is 1.63. The third kappa shape index (κ3) is 3.17. The van der Waals surface area contributed by atoms with Gasteiger partial charge in [-0.3, -0.25) is 0 Å². The van der Waals surface area contributed by atoms with Crippen LogP contribution in [0.5, 0.6) is 0 Å². The number of hydrogen-bond acceptors (Lipinski definition) is 4. The van der Waals surface area contributed by atoms with Crippen molar-refractivity contribution in [2.24, 2.45) is 0 Å². The van der Waals surface area contributed by atoms with E-state index in [0.717, 1.165) is 18.8 Å². The summed E-state index contributed by atoms with van der Waals surface area (Å²) in [6, 6.07) is 12.3. The van der Waals surface area contributed by atoms with Gasteiger partial charge in [-0.15, -0.1) is 0 Å². The molecule has 1 aromatic carbocycles. The molecule has 4 nitrogen and oxygen atoms in total. The fourth-order valence-corrected chi connectivity index (χ4v) is 1.63. The minimum Gasteiger partial charge on any atom is -0.368 e. The number of aromatic nitrogens is 2. The first-order chi connectivity index (χ1) is 8.25. The largest absolute Gasteiger partial charge is 0.368 e. The van der Waals surface area contributed by atoms with Crippen molar-refractivity contribution in [2.45, 2.75) is 6.42 Å². The van der Waals surface area contributed by atoms with Crippen LogP contribution in [0.4, 0.5) is 11.8 Å². The molecule has 0 aliphatic rings. The maximum atomic E-state index is 5.55. The van der Waals surface area contributed by atoms with Crippen LogP contribution in [-0.4, -0.2) is 23.6 Å². The minimum atomic E-state index is 0.314. The van der Waals surface area contributed by atoms with E-state index >= 15 is 0 Å². The van der Waals surface area contributed by atoms with Crippen molar-refractivity contribution in [3.8, 4) is 0 Å². The summed E-state index contributed by atoms with van der Waals surface area (Å²) in [6.45, 7) is 0.903. The number of nitrogens with zero attached hydrogens (tertiary/aromatic N) is 3. The Morgan fingerprint density at radius 2 is 1.94 bits per heavy atom. The van der Waals surface area contributed by atoms with Gasteiger partial charge in [0.25, 0.3) is 0 Å². The average molecular weight is 228 g/mol. The number of anilines is 2. The second-order valence-corrected chi connectivity index (χ2v) is 3.93. The molecule has 0 unspecified atom stereocenters. The Morgan fingerprint density at radius 3 is 2.65 bits per heavy atom. The highest BCUT2D eigenvalue weighted by atomic mass is 15.2. The molecule has 0 bridgehead atoms. The summed E-state index contributed by atoms with van der Waals surface area (Å²) in [4.78, 5) is 10.1. The maximum Gasteiger partial charge on any atom is 0.221 e. The molecule has 0 amide bonds. The van der Waals surface area contributed by atoms with Crippen molar-refractivity contribution in [3.05, 3.63) is 48.2 Å². The normalized spacial score (nSPS) is 10.2. The third-order valence-electron chi connectivity index (χ3n) is 2.63. The van der Waals surface area contributed by atoms with Crippen molar-refractivity contribution in [1.82, 2.24) is 9.97 Å². The first-order valence-electron chi connectivity index (χ1n) is 5.59. The van der Waals surface area contributed by atoms with E-state index in [4.69, 9.17) is 5.73 Å². The summed E-state index contributed by atoms with van der Waals surface area (Å²) >= 11 is 0. The molecule has 0 saturated carbocycles. The van der Waals surface area contributed by atoms with Gasteiger partial charge in [-0.05, 0) is 18.1 Å². The van der Waals surface area contributed by atoms with Crippen LogP contribution in [0.15, 0.2) is 42.6 Å². The van der Waals surface area contributed by atoms with E-state index in [-0.39, 0.29) is 0 Å². The SMILES string of the molecule is CN(CCc1ccccc1)c1ccnc(N)n1. The van der Waals surface area contributed by atoms with Gasteiger partial charge in [0.1, 0.15) is 5.82 Å². The molecule has 2 N–H and O–H groups in total. The van der Waals surface area contributed by atoms with Crippen LogP contribution in [0.25, 0.3) is 0 Å². The monoisotopic (exact) mass is 228 g/mol. The molecule has 0 radical (unpaired) electrons. The third-order valence-corrected chi connectivity index (χ3v) is 2.63. The van der Waals surface area contributed by atoms with E-state index in [0.29, 0.717) is 5.95 Å². The van der Waals surface area contributed by atoms with Gasteiger partial charge < -0.3 is 10.6 Å². The van der Waals surface area contributed by atoms with Crippen LogP contribution in [0.2, 0.25) is 0 Å². The van der Waals surface area contributed by atoms with Gasteiger partial charge in [0, 0.05) is 19.8 Å². The Bertz CT molecular complexity index is 470. The number of hydrogen-bond donors (Lipinski definition) is 1. The van der Waals surface area contributed by atoms with Gasteiger partial charge in [-0.1, -0.05) is 30.3 Å².